The van der Waals surface area contributed by atoms with Gasteiger partial charge in [-0.05, 0) is 30.5 Å². The van der Waals surface area contributed by atoms with Crippen molar-refractivity contribution in [2.45, 2.75) is 12.8 Å². The van der Waals surface area contributed by atoms with E-state index in [1.807, 2.05) is 24.3 Å². The molecule has 0 atom stereocenters. The Kier molecular flexibility index (Phi) is 5.32. The van der Waals surface area contributed by atoms with E-state index in [0.717, 1.165) is 28.3 Å². The quantitative estimate of drug-likeness (QED) is 0.455. The summed E-state index contributed by atoms with van der Waals surface area (Å²) >= 11 is 3.44. The van der Waals surface area contributed by atoms with Crippen LogP contribution in [0.3, 0.4) is 0 Å². The number of rotatable bonds is 5. The Balaban J connectivity index is 1.94. The van der Waals surface area contributed by atoms with Gasteiger partial charge in [0.05, 0.1) is 25.1 Å². The first kappa shape index (κ1) is 19.5. The Morgan fingerprint density at radius 2 is 1.72 bits per heavy atom. The first-order valence-corrected chi connectivity index (χ1v) is 10.2. The summed E-state index contributed by atoms with van der Waals surface area (Å²) < 4.78 is 11.9. The predicted molar refractivity (Wildman–Crippen MR) is 115 cm³/mol. The minimum Gasteiger partial charge on any atom is -0.497 e. The second-order valence-corrected chi connectivity index (χ2v) is 7.88. The number of ketones is 1. The smallest absolute Gasteiger partial charge is 0.296 e. The minimum absolute atomic E-state index is 0.269. The molecule has 0 bridgehead atoms. The lowest BCUT2D eigenvalue weighted by Gasteiger charge is -2.14. The molecule has 6 nitrogen and oxygen atoms in total. The zero-order valence-electron chi connectivity index (χ0n) is 16.3. The topological polar surface area (TPSA) is 71.6 Å². The van der Waals surface area contributed by atoms with E-state index in [1.54, 1.807) is 31.3 Å². The van der Waals surface area contributed by atoms with Crippen LogP contribution < -0.4 is 9.47 Å². The summed E-state index contributed by atoms with van der Waals surface area (Å²) in [5.41, 5.74) is 2.42. The van der Waals surface area contributed by atoms with E-state index >= 15 is 0 Å². The van der Waals surface area contributed by atoms with Crippen LogP contribution in [0.5, 0.6) is 11.5 Å². The van der Waals surface area contributed by atoms with Crippen LogP contribution >= 0.6 is 15.9 Å². The van der Waals surface area contributed by atoms with Crippen molar-refractivity contribution in [3.8, 4) is 22.6 Å². The van der Waals surface area contributed by atoms with Crippen molar-refractivity contribution in [1.29, 1.82) is 0 Å². The molecule has 1 amide bonds. The van der Waals surface area contributed by atoms with E-state index in [1.165, 1.54) is 0 Å². The number of carbonyl (C=O) groups is 2. The van der Waals surface area contributed by atoms with Crippen LogP contribution in [-0.2, 0) is 4.79 Å². The van der Waals surface area contributed by atoms with Gasteiger partial charge in [0.1, 0.15) is 17.2 Å². The number of hydrogen-bond donors (Lipinski definition) is 1. The van der Waals surface area contributed by atoms with Gasteiger partial charge >= 0.3 is 0 Å². The Morgan fingerprint density at radius 3 is 2.34 bits per heavy atom. The number of nitrogens with one attached hydrogen (secondary N) is 1. The van der Waals surface area contributed by atoms with E-state index in [0.29, 0.717) is 35.7 Å². The third-order valence-corrected chi connectivity index (χ3v) is 5.77. The van der Waals surface area contributed by atoms with Gasteiger partial charge in [0.2, 0.25) is 0 Å². The van der Waals surface area contributed by atoms with Crippen molar-refractivity contribution >= 4 is 38.5 Å². The van der Waals surface area contributed by atoms with Crippen LogP contribution in [0.1, 0.15) is 23.3 Å². The lowest BCUT2D eigenvalue weighted by Crippen LogP contribution is -2.34. The molecular formula is C22H21BrN2O4. The van der Waals surface area contributed by atoms with Crippen LogP contribution in [0.2, 0.25) is 0 Å². The maximum Gasteiger partial charge on any atom is 0.296 e. The Hall–Kier alpha value is -2.80. The molecule has 2 heterocycles. The molecule has 1 aliphatic heterocycles. The van der Waals surface area contributed by atoms with Gasteiger partial charge in [-0.15, -0.1) is 0 Å². The maximum atomic E-state index is 13.2. The number of halogens is 1. The number of H-pyrrole nitrogens is 1. The average Bonchev–Trinajstić information content (AvgIpc) is 3.40. The van der Waals surface area contributed by atoms with Crippen molar-refractivity contribution in [3.63, 3.8) is 0 Å². The molecule has 0 spiro atoms. The molecule has 1 fully saturated rings. The van der Waals surface area contributed by atoms with E-state index in [9.17, 15) is 9.59 Å². The monoisotopic (exact) mass is 456 g/mol. The Morgan fingerprint density at radius 1 is 1.03 bits per heavy atom. The summed E-state index contributed by atoms with van der Waals surface area (Å²) in [6.45, 7) is 1.24. The Bertz CT molecular complexity index is 1080. The number of aromatic nitrogens is 1. The van der Waals surface area contributed by atoms with Gasteiger partial charge in [-0.2, -0.15) is 0 Å². The van der Waals surface area contributed by atoms with Crippen LogP contribution in [-0.4, -0.2) is 48.9 Å². The highest BCUT2D eigenvalue weighted by Crippen LogP contribution is 2.41. The average molecular weight is 457 g/mol. The summed E-state index contributed by atoms with van der Waals surface area (Å²) in [4.78, 5) is 30.8. The van der Waals surface area contributed by atoms with Gasteiger partial charge in [-0.1, -0.05) is 28.1 Å². The number of methoxy groups -OCH3 is 2. The van der Waals surface area contributed by atoms with Crippen molar-refractivity contribution in [2.75, 3.05) is 27.3 Å². The predicted octanol–water partition coefficient (Wildman–Crippen LogP) is 4.42. The first-order chi connectivity index (χ1) is 14.0. The number of Topliss-reactive ketones (excluding diaryl/α,β-unsaturated/α-hetero) is 1. The zero-order chi connectivity index (χ0) is 20.5. The number of likely N-dealkylation sites (tertiary alicyclic amines) is 1. The number of amides is 1. The molecule has 1 N–H and O–H groups in total. The molecule has 7 heteroatoms. The van der Waals surface area contributed by atoms with E-state index in [4.69, 9.17) is 9.47 Å². The van der Waals surface area contributed by atoms with Crippen LogP contribution in [0.25, 0.3) is 22.0 Å². The minimum atomic E-state index is -0.540. The third-order valence-electron chi connectivity index (χ3n) is 5.24. The fourth-order valence-electron chi connectivity index (χ4n) is 3.79. The number of benzene rings is 2. The SMILES string of the molecule is COc1cc(OC)c2c(-c3ccc(Br)cc3)c(C(=O)C(=O)N3CCCC3)[nH]c2c1. The highest BCUT2D eigenvalue weighted by molar-refractivity contribution is 9.10. The molecule has 29 heavy (non-hydrogen) atoms. The molecule has 0 radical (unpaired) electrons. The fraction of sp³-hybridized carbons (Fsp3) is 0.273. The summed E-state index contributed by atoms with van der Waals surface area (Å²) in [7, 11) is 3.14. The molecule has 150 valence electrons. The number of aromatic amines is 1. The zero-order valence-corrected chi connectivity index (χ0v) is 17.8. The van der Waals surface area contributed by atoms with Crippen molar-refractivity contribution in [1.82, 2.24) is 9.88 Å². The van der Waals surface area contributed by atoms with Crippen LogP contribution in [0.4, 0.5) is 0 Å². The molecule has 0 saturated carbocycles. The molecule has 0 aliphatic carbocycles. The fourth-order valence-corrected chi connectivity index (χ4v) is 4.06. The number of fused-ring (bicyclic) bond motifs is 1. The van der Waals surface area contributed by atoms with E-state index in [2.05, 4.69) is 20.9 Å². The number of carbonyl (C=O) groups excluding carboxylic acids is 2. The third kappa shape index (κ3) is 3.51. The van der Waals surface area contributed by atoms with Crippen molar-refractivity contribution in [2.24, 2.45) is 0 Å². The van der Waals surface area contributed by atoms with E-state index < -0.39 is 11.7 Å². The highest BCUT2D eigenvalue weighted by Gasteiger charge is 2.30. The summed E-state index contributed by atoms with van der Waals surface area (Å²) in [5.74, 6) is 0.157. The maximum absolute atomic E-state index is 13.2. The van der Waals surface area contributed by atoms with E-state index in [-0.39, 0.29) is 5.69 Å². The Labute approximate surface area is 176 Å². The highest BCUT2D eigenvalue weighted by atomic mass is 79.9. The standard InChI is InChI=1S/C22H21BrN2O4/c1-28-15-11-16-19(17(12-15)29-2)18(13-5-7-14(23)8-6-13)20(24-16)21(26)22(27)25-9-3-4-10-25/h5-8,11-12,24H,3-4,9-10H2,1-2H3. The molecule has 1 aromatic heterocycles. The molecule has 3 aromatic rings. The molecular weight excluding hydrogens is 436 g/mol. The van der Waals surface area contributed by atoms with Gasteiger partial charge in [0.25, 0.3) is 11.7 Å². The van der Waals surface area contributed by atoms with Crippen LogP contribution in [0, 0.1) is 0 Å². The molecule has 1 aliphatic rings. The largest absolute Gasteiger partial charge is 0.497 e. The normalized spacial score (nSPS) is 13.7. The lowest BCUT2D eigenvalue weighted by atomic mass is 9.99. The van der Waals surface area contributed by atoms with Crippen LogP contribution in [0.15, 0.2) is 40.9 Å². The summed E-state index contributed by atoms with van der Waals surface area (Å²) in [6, 6.07) is 11.2. The number of nitrogens with zero attached hydrogens (tertiary/aromatic N) is 1. The molecule has 2 aromatic carbocycles. The lowest BCUT2D eigenvalue weighted by molar-refractivity contribution is -0.125. The summed E-state index contributed by atoms with van der Waals surface area (Å²) in [6.07, 6.45) is 1.85. The first-order valence-electron chi connectivity index (χ1n) is 9.40. The molecule has 4 rings (SSSR count). The van der Waals surface area contributed by atoms with Gasteiger partial charge in [-0.25, -0.2) is 0 Å². The summed E-state index contributed by atoms with van der Waals surface area (Å²) in [5, 5.41) is 0.744. The number of hydrogen-bond acceptors (Lipinski definition) is 4. The molecule has 0 unspecified atom stereocenters. The number of ether oxygens (including phenoxy) is 2. The second-order valence-electron chi connectivity index (χ2n) is 6.96. The van der Waals surface area contributed by atoms with Gasteiger partial charge in [0.15, 0.2) is 0 Å². The second kappa shape index (κ2) is 7.91. The van der Waals surface area contributed by atoms with Crippen molar-refractivity contribution < 1.29 is 19.1 Å². The van der Waals surface area contributed by atoms with Gasteiger partial charge < -0.3 is 19.4 Å². The molecule has 1 saturated heterocycles. The van der Waals surface area contributed by atoms with Crippen molar-refractivity contribution in [3.05, 3.63) is 46.6 Å². The van der Waals surface area contributed by atoms with Gasteiger partial charge in [0, 0.05) is 35.3 Å². The van der Waals surface area contributed by atoms with Gasteiger partial charge in [-0.3, -0.25) is 9.59 Å².